The van der Waals surface area contributed by atoms with Crippen LogP contribution in [0.15, 0.2) is 60.7 Å². The molecule has 154 valence electrons. The van der Waals surface area contributed by atoms with Crippen molar-refractivity contribution >= 4 is 11.8 Å². The molecule has 3 rings (SSSR count). The maximum atomic E-state index is 12.2. The smallest absolute Gasteiger partial charge is 0.252 e. The van der Waals surface area contributed by atoms with Crippen LogP contribution >= 0.6 is 0 Å². The fraction of sp³-hybridized carbons (Fsp3) is 0.208. The summed E-state index contributed by atoms with van der Waals surface area (Å²) >= 11 is 0. The fourth-order valence-corrected chi connectivity index (χ4v) is 3.08. The highest BCUT2D eigenvalue weighted by molar-refractivity contribution is 5.95. The molecule has 0 aliphatic heterocycles. The van der Waals surface area contributed by atoms with Gasteiger partial charge in [-0.1, -0.05) is 36.4 Å². The maximum absolute atomic E-state index is 12.2. The summed E-state index contributed by atoms with van der Waals surface area (Å²) in [5.74, 6) is 0.589. The van der Waals surface area contributed by atoms with Crippen molar-refractivity contribution in [2.75, 3.05) is 14.2 Å². The molecule has 2 N–H and O–H groups in total. The van der Waals surface area contributed by atoms with Crippen molar-refractivity contribution in [3.8, 4) is 17.0 Å². The zero-order valence-corrected chi connectivity index (χ0v) is 17.4. The van der Waals surface area contributed by atoms with E-state index in [-0.39, 0.29) is 11.8 Å². The van der Waals surface area contributed by atoms with Crippen LogP contribution in [0.3, 0.4) is 0 Å². The Kier molecular flexibility index (Phi) is 6.80. The highest BCUT2D eigenvalue weighted by Gasteiger charge is 2.10. The molecule has 0 aliphatic rings. The van der Waals surface area contributed by atoms with E-state index in [0.717, 1.165) is 28.1 Å². The summed E-state index contributed by atoms with van der Waals surface area (Å²) in [4.78, 5) is 28.5. The summed E-state index contributed by atoms with van der Waals surface area (Å²) in [6.07, 6.45) is 0.322. The molecule has 6 heteroatoms. The Morgan fingerprint density at radius 3 is 2.20 bits per heavy atom. The monoisotopic (exact) mass is 403 g/mol. The normalized spacial score (nSPS) is 10.4. The molecule has 6 nitrogen and oxygen atoms in total. The summed E-state index contributed by atoms with van der Waals surface area (Å²) in [6.45, 7) is 2.28. The van der Waals surface area contributed by atoms with Crippen molar-refractivity contribution in [3.05, 3.63) is 83.0 Å². The number of ether oxygens (including phenoxy) is 1. The minimum atomic E-state index is -0.146. The van der Waals surface area contributed by atoms with Crippen LogP contribution in [-0.4, -0.2) is 31.0 Å². The molecule has 30 heavy (non-hydrogen) atoms. The molecule has 0 bridgehead atoms. The summed E-state index contributed by atoms with van der Waals surface area (Å²) in [5, 5.41) is 5.55. The Bertz CT molecular complexity index is 1030. The average Bonchev–Trinajstić information content (AvgIpc) is 2.78. The number of aromatic nitrogens is 1. The Hall–Kier alpha value is -3.67. The third kappa shape index (κ3) is 5.23. The lowest BCUT2D eigenvalue weighted by Crippen LogP contribution is -2.24. The van der Waals surface area contributed by atoms with Gasteiger partial charge in [0.05, 0.1) is 30.5 Å². The summed E-state index contributed by atoms with van der Waals surface area (Å²) in [5.41, 5.74) is 4.94. The van der Waals surface area contributed by atoms with E-state index in [4.69, 9.17) is 4.74 Å². The number of aryl methyl sites for hydroxylation is 1. The van der Waals surface area contributed by atoms with Gasteiger partial charge in [0.25, 0.3) is 5.91 Å². The van der Waals surface area contributed by atoms with E-state index in [1.807, 2.05) is 61.5 Å². The second-order valence-corrected chi connectivity index (χ2v) is 6.91. The quantitative estimate of drug-likeness (QED) is 0.634. The number of benzene rings is 2. The zero-order chi connectivity index (χ0) is 21.5. The first-order valence-corrected chi connectivity index (χ1v) is 9.69. The van der Waals surface area contributed by atoms with Crippen LogP contribution in [0.25, 0.3) is 11.3 Å². The summed E-state index contributed by atoms with van der Waals surface area (Å²) < 4.78 is 5.13. The van der Waals surface area contributed by atoms with Gasteiger partial charge in [-0.15, -0.1) is 0 Å². The van der Waals surface area contributed by atoms with E-state index in [9.17, 15) is 9.59 Å². The topological polar surface area (TPSA) is 80.3 Å². The van der Waals surface area contributed by atoms with Gasteiger partial charge >= 0.3 is 0 Å². The van der Waals surface area contributed by atoms with Crippen molar-refractivity contribution in [2.45, 2.75) is 19.9 Å². The molecule has 0 saturated carbocycles. The van der Waals surface area contributed by atoms with Crippen LogP contribution in [0.4, 0.5) is 0 Å². The Balaban J connectivity index is 1.58. The van der Waals surface area contributed by atoms with E-state index in [0.29, 0.717) is 24.2 Å². The first kappa shape index (κ1) is 21.0. The molecule has 2 amide bonds. The third-order valence-corrected chi connectivity index (χ3v) is 4.82. The number of rotatable bonds is 7. The molecular formula is C24H25N3O3. The number of carbonyl (C=O) groups excluding carboxylic acids is 2. The second-order valence-electron chi connectivity index (χ2n) is 6.91. The van der Waals surface area contributed by atoms with Crippen molar-refractivity contribution in [1.82, 2.24) is 15.6 Å². The Morgan fingerprint density at radius 1 is 0.933 bits per heavy atom. The number of hydrogen-bond acceptors (Lipinski definition) is 4. The largest absolute Gasteiger partial charge is 0.497 e. The van der Waals surface area contributed by atoms with Crippen LogP contribution in [0, 0.1) is 6.92 Å². The van der Waals surface area contributed by atoms with Gasteiger partial charge in [0, 0.05) is 19.2 Å². The van der Waals surface area contributed by atoms with Gasteiger partial charge in [-0.3, -0.25) is 14.6 Å². The number of amides is 2. The number of hydrogen-bond donors (Lipinski definition) is 2. The molecule has 1 aromatic heterocycles. The van der Waals surface area contributed by atoms with E-state index >= 15 is 0 Å². The lowest BCUT2D eigenvalue weighted by atomic mass is 10.1. The maximum Gasteiger partial charge on any atom is 0.252 e. The van der Waals surface area contributed by atoms with Crippen LogP contribution in [0.2, 0.25) is 0 Å². The summed E-state index contributed by atoms with van der Waals surface area (Å²) in [7, 11) is 3.22. The molecule has 0 radical (unpaired) electrons. The zero-order valence-electron chi connectivity index (χ0n) is 17.4. The predicted molar refractivity (Wildman–Crippen MR) is 116 cm³/mol. The summed E-state index contributed by atoms with van der Waals surface area (Å²) in [6, 6.07) is 18.9. The predicted octanol–water partition coefficient (Wildman–Crippen LogP) is 3.28. The van der Waals surface area contributed by atoms with Gasteiger partial charge in [0.2, 0.25) is 5.91 Å². The second kappa shape index (κ2) is 9.69. The van der Waals surface area contributed by atoms with Crippen molar-refractivity contribution in [2.24, 2.45) is 0 Å². The van der Waals surface area contributed by atoms with E-state index in [1.54, 1.807) is 20.2 Å². The number of methoxy groups -OCH3 is 1. The third-order valence-electron chi connectivity index (χ3n) is 4.82. The highest BCUT2D eigenvalue weighted by atomic mass is 16.5. The molecule has 0 saturated heterocycles. The van der Waals surface area contributed by atoms with E-state index < -0.39 is 0 Å². The van der Waals surface area contributed by atoms with Crippen molar-refractivity contribution < 1.29 is 14.3 Å². The number of nitrogens with zero attached hydrogens (tertiary/aromatic N) is 1. The van der Waals surface area contributed by atoms with Crippen molar-refractivity contribution in [1.29, 1.82) is 0 Å². The van der Waals surface area contributed by atoms with Gasteiger partial charge in [-0.05, 0) is 42.3 Å². The standard InChI is InChI=1S/C24H25N3O3/c1-16-21(24(29)25-2)12-13-22(27-16)19-8-4-18(5-9-19)15-26-23(28)14-17-6-10-20(30-3)11-7-17/h4-13H,14-15H2,1-3H3,(H,25,29)(H,26,28). The fourth-order valence-electron chi connectivity index (χ4n) is 3.08. The molecule has 0 aliphatic carbocycles. The molecule has 0 spiro atoms. The van der Waals surface area contributed by atoms with Crippen LogP contribution in [0.1, 0.15) is 27.2 Å². The molecule has 1 heterocycles. The minimum Gasteiger partial charge on any atom is -0.497 e. The van der Waals surface area contributed by atoms with Gasteiger partial charge in [0.15, 0.2) is 0 Å². The number of nitrogens with one attached hydrogen (secondary N) is 2. The van der Waals surface area contributed by atoms with Crippen LogP contribution in [-0.2, 0) is 17.8 Å². The van der Waals surface area contributed by atoms with E-state index in [1.165, 1.54) is 0 Å². The average molecular weight is 403 g/mol. The molecular weight excluding hydrogens is 378 g/mol. The van der Waals surface area contributed by atoms with Gasteiger partial charge < -0.3 is 15.4 Å². The van der Waals surface area contributed by atoms with Gasteiger partial charge in [0.1, 0.15) is 5.75 Å². The molecule has 2 aromatic carbocycles. The molecule has 0 atom stereocenters. The Morgan fingerprint density at radius 2 is 1.60 bits per heavy atom. The SMILES string of the molecule is CNC(=O)c1ccc(-c2ccc(CNC(=O)Cc3ccc(OC)cc3)cc2)nc1C. The number of carbonyl (C=O) groups is 2. The first-order valence-electron chi connectivity index (χ1n) is 9.69. The van der Waals surface area contributed by atoms with Gasteiger partial charge in [-0.2, -0.15) is 0 Å². The van der Waals surface area contributed by atoms with Crippen LogP contribution < -0.4 is 15.4 Å². The van der Waals surface area contributed by atoms with E-state index in [2.05, 4.69) is 15.6 Å². The molecule has 0 fully saturated rings. The Labute approximate surface area is 176 Å². The lowest BCUT2D eigenvalue weighted by molar-refractivity contribution is -0.120. The van der Waals surface area contributed by atoms with Crippen molar-refractivity contribution in [3.63, 3.8) is 0 Å². The van der Waals surface area contributed by atoms with Crippen LogP contribution in [0.5, 0.6) is 5.75 Å². The van der Waals surface area contributed by atoms with Gasteiger partial charge in [-0.25, -0.2) is 0 Å². The number of pyridine rings is 1. The lowest BCUT2D eigenvalue weighted by Gasteiger charge is -2.09. The first-order chi connectivity index (χ1) is 14.5. The molecule has 3 aromatic rings. The minimum absolute atomic E-state index is 0.0358. The molecule has 0 unspecified atom stereocenters. The highest BCUT2D eigenvalue weighted by Crippen LogP contribution is 2.20.